The summed E-state index contributed by atoms with van der Waals surface area (Å²) in [5, 5.41) is 3.84. The monoisotopic (exact) mass is 369 g/mol. The quantitative estimate of drug-likeness (QED) is 0.401. The van der Waals surface area contributed by atoms with Gasteiger partial charge in [-0.15, -0.1) is 11.8 Å². The van der Waals surface area contributed by atoms with Crippen molar-refractivity contribution in [3.05, 3.63) is 108 Å². The number of allylic oxidation sites excluding steroid dienone is 2. The molecule has 0 amide bonds. The highest BCUT2D eigenvalue weighted by atomic mass is 32.2. The number of rotatable bonds is 4. The maximum atomic E-state index is 3.84. The summed E-state index contributed by atoms with van der Waals surface area (Å²) in [4.78, 5) is 1.33. The average molecular weight is 370 g/mol. The van der Waals surface area contributed by atoms with Crippen molar-refractivity contribution in [2.24, 2.45) is 5.92 Å². The molecule has 3 aromatic rings. The van der Waals surface area contributed by atoms with Crippen molar-refractivity contribution in [2.75, 3.05) is 5.32 Å². The summed E-state index contributed by atoms with van der Waals surface area (Å²) in [5.41, 5.74) is 5.56. The van der Waals surface area contributed by atoms with Gasteiger partial charge in [-0.25, -0.2) is 0 Å². The molecule has 0 bridgehead atoms. The van der Waals surface area contributed by atoms with Gasteiger partial charge < -0.3 is 5.32 Å². The lowest BCUT2D eigenvalue weighted by Crippen LogP contribution is -2.29. The minimum atomic E-state index is 0.392. The van der Waals surface area contributed by atoms with Crippen molar-refractivity contribution in [3.8, 4) is 0 Å². The molecule has 1 aliphatic heterocycles. The van der Waals surface area contributed by atoms with Crippen molar-refractivity contribution < 1.29 is 0 Å². The van der Waals surface area contributed by atoms with E-state index < -0.39 is 0 Å². The summed E-state index contributed by atoms with van der Waals surface area (Å²) in [5.74, 6) is 2.14. The van der Waals surface area contributed by atoms with Gasteiger partial charge in [0.15, 0.2) is 0 Å². The Bertz CT molecular complexity index is 949. The summed E-state index contributed by atoms with van der Waals surface area (Å²) >= 11 is 1.91. The van der Waals surface area contributed by atoms with Crippen LogP contribution in [0.1, 0.15) is 35.1 Å². The van der Waals surface area contributed by atoms with Crippen LogP contribution in [0, 0.1) is 5.92 Å². The lowest BCUT2D eigenvalue weighted by atomic mass is 9.77. The number of thioether (sulfide) groups is 1. The Morgan fingerprint density at radius 3 is 2.48 bits per heavy atom. The summed E-state index contributed by atoms with van der Waals surface area (Å²) in [6.07, 6.45) is 5.95. The first kappa shape index (κ1) is 16.7. The van der Waals surface area contributed by atoms with Crippen LogP contribution in [0.25, 0.3) is 0 Å². The molecular formula is C25H23NS. The maximum Gasteiger partial charge on any atom is 0.0553 e. The van der Waals surface area contributed by atoms with E-state index in [0.717, 1.165) is 12.2 Å². The number of hydrogen-bond donors (Lipinski definition) is 1. The lowest BCUT2D eigenvalue weighted by Gasteiger charge is -2.37. The van der Waals surface area contributed by atoms with Gasteiger partial charge in [-0.3, -0.25) is 0 Å². The Kier molecular flexibility index (Phi) is 4.51. The van der Waals surface area contributed by atoms with Crippen molar-refractivity contribution in [3.63, 3.8) is 0 Å². The molecule has 0 saturated carbocycles. The standard InChI is InChI=1S/C25H23NS/c1-3-8-19(9-4-1)25-22-13-7-12-21(22)23-16-18(14-15-24(23)26-25)17-27-20-10-5-2-6-11-20/h1-12,14-16,21-22,25-26H,13,17H2/t21-,22+,25+/m0/s1. The van der Waals surface area contributed by atoms with Crippen LogP contribution in [0.5, 0.6) is 0 Å². The second-order valence-electron chi connectivity index (χ2n) is 7.41. The van der Waals surface area contributed by atoms with Crippen LogP contribution in [-0.4, -0.2) is 0 Å². The molecule has 5 rings (SSSR count). The number of anilines is 1. The third-order valence-corrected chi connectivity index (χ3v) is 6.82. The molecule has 1 N–H and O–H groups in total. The zero-order valence-electron chi connectivity index (χ0n) is 15.2. The van der Waals surface area contributed by atoms with E-state index in [1.54, 1.807) is 0 Å². The molecule has 0 spiro atoms. The molecule has 0 saturated heterocycles. The van der Waals surface area contributed by atoms with Gasteiger partial charge in [0.1, 0.15) is 0 Å². The van der Waals surface area contributed by atoms with Crippen LogP contribution in [0.4, 0.5) is 5.69 Å². The van der Waals surface area contributed by atoms with E-state index >= 15 is 0 Å². The zero-order valence-corrected chi connectivity index (χ0v) is 16.0. The van der Waals surface area contributed by atoms with E-state index in [4.69, 9.17) is 0 Å². The zero-order chi connectivity index (χ0) is 18.1. The molecule has 134 valence electrons. The first-order valence-corrected chi connectivity index (χ1v) is 10.7. The number of fused-ring (bicyclic) bond motifs is 3. The molecule has 0 unspecified atom stereocenters. The van der Waals surface area contributed by atoms with Crippen LogP contribution in [0.3, 0.4) is 0 Å². The molecule has 27 heavy (non-hydrogen) atoms. The van der Waals surface area contributed by atoms with Crippen LogP contribution >= 0.6 is 11.8 Å². The van der Waals surface area contributed by atoms with Gasteiger partial charge in [-0.05, 0) is 47.2 Å². The van der Waals surface area contributed by atoms with Crippen LogP contribution in [0.15, 0.2) is 95.9 Å². The third kappa shape index (κ3) is 3.30. The molecule has 3 aromatic carbocycles. The van der Waals surface area contributed by atoms with Crippen molar-refractivity contribution in [2.45, 2.75) is 29.0 Å². The second kappa shape index (κ2) is 7.28. The summed E-state index contributed by atoms with van der Waals surface area (Å²) in [6.45, 7) is 0. The molecule has 1 heterocycles. The maximum absolute atomic E-state index is 3.84. The fraction of sp³-hybridized carbons (Fsp3) is 0.200. The van der Waals surface area contributed by atoms with E-state index in [2.05, 4.69) is 96.3 Å². The number of hydrogen-bond acceptors (Lipinski definition) is 2. The molecule has 2 heteroatoms. The number of benzene rings is 3. The van der Waals surface area contributed by atoms with E-state index in [9.17, 15) is 0 Å². The summed E-state index contributed by atoms with van der Waals surface area (Å²) in [7, 11) is 0. The minimum Gasteiger partial charge on any atom is -0.378 e. The Balaban J connectivity index is 1.42. The molecule has 2 aliphatic rings. The van der Waals surface area contributed by atoms with Gasteiger partial charge in [-0.1, -0.05) is 72.8 Å². The van der Waals surface area contributed by atoms with Crippen LogP contribution in [-0.2, 0) is 5.75 Å². The van der Waals surface area contributed by atoms with Gasteiger partial charge in [-0.2, -0.15) is 0 Å². The van der Waals surface area contributed by atoms with E-state index in [0.29, 0.717) is 17.9 Å². The van der Waals surface area contributed by atoms with Crippen LogP contribution < -0.4 is 5.32 Å². The topological polar surface area (TPSA) is 12.0 Å². The fourth-order valence-corrected chi connectivity index (χ4v) is 5.27. The smallest absolute Gasteiger partial charge is 0.0553 e. The van der Waals surface area contributed by atoms with Crippen molar-refractivity contribution in [1.29, 1.82) is 0 Å². The van der Waals surface area contributed by atoms with Gasteiger partial charge in [0.2, 0.25) is 0 Å². The Labute approximate surface area is 165 Å². The first-order chi connectivity index (χ1) is 13.4. The Morgan fingerprint density at radius 2 is 1.67 bits per heavy atom. The molecule has 1 aliphatic carbocycles. The molecule has 3 atom stereocenters. The largest absolute Gasteiger partial charge is 0.378 e. The van der Waals surface area contributed by atoms with Gasteiger partial charge in [0.05, 0.1) is 6.04 Å². The first-order valence-electron chi connectivity index (χ1n) is 9.67. The predicted molar refractivity (Wildman–Crippen MR) is 115 cm³/mol. The average Bonchev–Trinajstić information content (AvgIpc) is 3.23. The van der Waals surface area contributed by atoms with Crippen molar-refractivity contribution in [1.82, 2.24) is 0 Å². The second-order valence-corrected chi connectivity index (χ2v) is 8.46. The fourth-order valence-electron chi connectivity index (χ4n) is 4.41. The minimum absolute atomic E-state index is 0.392. The van der Waals surface area contributed by atoms with Gasteiger partial charge in [0, 0.05) is 22.3 Å². The van der Waals surface area contributed by atoms with Crippen molar-refractivity contribution >= 4 is 17.4 Å². The van der Waals surface area contributed by atoms with Gasteiger partial charge >= 0.3 is 0 Å². The highest BCUT2D eigenvalue weighted by molar-refractivity contribution is 7.98. The summed E-state index contributed by atoms with van der Waals surface area (Å²) in [6, 6.07) is 28.9. The summed E-state index contributed by atoms with van der Waals surface area (Å²) < 4.78 is 0. The predicted octanol–water partition coefficient (Wildman–Crippen LogP) is 6.81. The van der Waals surface area contributed by atoms with Crippen LogP contribution in [0.2, 0.25) is 0 Å². The van der Waals surface area contributed by atoms with E-state index in [-0.39, 0.29) is 0 Å². The normalized spacial score (nSPS) is 22.7. The highest BCUT2D eigenvalue weighted by Gasteiger charge is 2.37. The third-order valence-electron chi connectivity index (χ3n) is 5.73. The Hall–Kier alpha value is -2.45. The lowest BCUT2D eigenvalue weighted by molar-refractivity contribution is 0.425. The van der Waals surface area contributed by atoms with E-state index in [1.165, 1.54) is 27.3 Å². The molecule has 0 radical (unpaired) electrons. The Morgan fingerprint density at radius 1 is 0.889 bits per heavy atom. The molecule has 0 aromatic heterocycles. The molecule has 1 nitrogen and oxygen atoms in total. The highest BCUT2D eigenvalue weighted by Crippen LogP contribution is 2.50. The number of nitrogens with one attached hydrogen (secondary N) is 1. The van der Waals surface area contributed by atoms with E-state index in [1.807, 2.05) is 11.8 Å². The van der Waals surface area contributed by atoms with Gasteiger partial charge in [0.25, 0.3) is 0 Å². The molecule has 0 fully saturated rings. The molecular weight excluding hydrogens is 346 g/mol. The SMILES string of the molecule is C1=C[C@@H]2c3cc(CSc4ccccc4)ccc3N[C@H](c3ccccc3)[C@@H]2C1.